The molecule has 1 atom stereocenters. The van der Waals surface area contributed by atoms with Crippen molar-refractivity contribution in [3.05, 3.63) is 29.8 Å². The van der Waals surface area contributed by atoms with Crippen molar-refractivity contribution in [1.82, 2.24) is 4.98 Å². The predicted molar refractivity (Wildman–Crippen MR) is 99.3 cm³/mol. The van der Waals surface area contributed by atoms with E-state index in [0.717, 1.165) is 19.3 Å². The van der Waals surface area contributed by atoms with E-state index in [1.165, 1.54) is 31.4 Å². The Hall–Kier alpha value is -2.56. The lowest BCUT2D eigenvalue weighted by Gasteiger charge is -2.35. The zero-order valence-corrected chi connectivity index (χ0v) is 16.5. The second-order valence-electron chi connectivity index (χ2n) is 6.73. The number of hydrogen-bond donors (Lipinski definition) is 0. The summed E-state index contributed by atoms with van der Waals surface area (Å²) >= 11 is 0. The molecule has 0 saturated carbocycles. The molecule has 3 rings (SSSR count). The van der Waals surface area contributed by atoms with Crippen molar-refractivity contribution in [2.24, 2.45) is 0 Å². The lowest BCUT2D eigenvalue weighted by atomic mass is 10.0. The molecule has 0 bridgehead atoms. The van der Waals surface area contributed by atoms with Crippen molar-refractivity contribution >= 4 is 32.7 Å². The third kappa shape index (κ3) is 4.24. The number of piperidine rings is 1. The van der Waals surface area contributed by atoms with Crippen LogP contribution in [0, 0.1) is 0 Å². The van der Waals surface area contributed by atoms with Gasteiger partial charge in [-0.25, -0.2) is 9.78 Å². The molecule has 0 spiro atoms. The summed E-state index contributed by atoms with van der Waals surface area (Å²) in [5.74, 6) is -1.23. The van der Waals surface area contributed by atoms with E-state index in [9.17, 15) is 26.4 Å². The fourth-order valence-electron chi connectivity index (χ4n) is 3.27. The second kappa shape index (κ2) is 7.69. The smallest absolute Gasteiger partial charge is 0.465 e. The van der Waals surface area contributed by atoms with Gasteiger partial charge in [0.15, 0.2) is 0 Å². The van der Waals surface area contributed by atoms with Gasteiger partial charge in [-0.2, -0.15) is 21.6 Å². The highest BCUT2D eigenvalue weighted by Crippen LogP contribution is 2.37. The predicted octanol–water partition coefficient (Wildman–Crippen LogP) is 3.63. The molecule has 1 fully saturated rings. The third-order valence-corrected chi connectivity index (χ3v) is 5.71. The molecule has 158 valence electrons. The molecule has 2 heterocycles. The zero-order valence-electron chi connectivity index (χ0n) is 15.7. The fraction of sp³-hybridized carbons (Fsp3) is 0.444. The number of nitrogens with zero attached hydrogens (tertiary/aromatic N) is 2. The number of carbonyl (C=O) groups excluding carboxylic acids is 1. The lowest BCUT2D eigenvalue weighted by molar-refractivity contribution is -0.0501. The Kier molecular flexibility index (Phi) is 5.61. The first-order chi connectivity index (χ1) is 13.5. The molecule has 0 amide bonds. The van der Waals surface area contributed by atoms with E-state index in [4.69, 9.17) is 0 Å². The Morgan fingerprint density at radius 2 is 1.97 bits per heavy atom. The molecule has 1 unspecified atom stereocenters. The second-order valence-corrected chi connectivity index (χ2v) is 8.27. The summed E-state index contributed by atoms with van der Waals surface area (Å²) in [4.78, 5) is 17.6. The first-order valence-corrected chi connectivity index (χ1v) is 10.2. The van der Waals surface area contributed by atoms with Gasteiger partial charge in [-0.3, -0.25) is 0 Å². The number of pyridine rings is 1. The maximum Gasteiger partial charge on any atom is 0.534 e. The van der Waals surface area contributed by atoms with Gasteiger partial charge in [0.2, 0.25) is 0 Å². The first-order valence-electron chi connectivity index (χ1n) is 8.84. The number of methoxy groups -OCH3 is 1. The van der Waals surface area contributed by atoms with Crippen LogP contribution in [0.2, 0.25) is 0 Å². The molecule has 2 aromatic rings. The topological polar surface area (TPSA) is 85.8 Å². The standard InChI is InChI=1S/C18H19F3N2O5S/c1-11-5-3-4-8-23(11)15-10-13-9-12(17(24)27-2)6-7-14(13)22-16(15)28-29(25,26)18(19,20)21/h6-7,9-11H,3-5,8H2,1-2H3. The molecule has 0 radical (unpaired) electrons. The van der Waals surface area contributed by atoms with Gasteiger partial charge in [-0.1, -0.05) is 0 Å². The molecule has 29 heavy (non-hydrogen) atoms. The number of fused-ring (bicyclic) bond motifs is 1. The van der Waals surface area contributed by atoms with Gasteiger partial charge in [0.25, 0.3) is 5.88 Å². The summed E-state index contributed by atoms with van der Waals surface area (Å²) in [7, 11) is -4.66. The van der Waals surface area contributed by atoms with Gasteiger partial charge in [0, 0.05) is 18.0 Å². The Bertz CT molecular complexity index is 1040. The highest BCUT2D eigenvalue weighted by Gasteiger charge is 2.49. The number of hydrogen-bond acceptors (Lipinski definition) is 7. The number of carbonyl (C=O) groups is 1. The summed E-state index contributed by atoms with van der Waals surface area (Å²) in [5, 5.41) is 0.442. The molecule has 1 aromatic heterocycles. The van der Waals surface area contributed by atoms with Crippen LogP contribution in [0.4, 0.5) is 18.9 Å². The molecule has 7 nitrogen and oxygen atoms in total. The van der Waals surface area contributed by atoms with Crippen LogP contribution in [0.3, 0.4) is 0 Å². The fourth-order valence-corrected chi connectivity index (χ4v) is 3.69. The summed E-state index contributed by atoms with van der Waals surface area (Å²) in [6, 6.07) is 5.68. The van der Waals surface area contributed by atoms with Crippen LogP contribution in [0.5, 0.6) is 5.88 Å². The minimum Gasteiger partial charge on any atom is -0.465 e. The molecule has 1 aliphatic heterocycles. The molecule has 0 aliphatic carbocycles. The van der Waals surface area contributed by atoms with Gasteiger partial charge in [0.05, 0.1) is 18.2 Å². The van der Waals surface area contributed by atoms with E-state index >= 15 is 0 Å². The summed E-state index contributed by atoms with van der Waals surface area (Å²) in [6.45, 7) is 2.39. The van der Waals surface area contributed by atoms with E-state index in [1.807, 2.05) is 6.92 Å². The van der Waals surface area contributed by atoms with Gasteiger partial charge < -0.3 is 13.8 Å². The van der Waals surface area contributed by atoms with E-state index < -0.39 is 27.5 Å². The number of rotatable bonds is 4. The third-order valence-electron chi connectivity index (χ3n) is 4.77. The van der Waals surface area contributed by atoms with Gasteiger partial charge in [-0.15, -0.1) is 0 Å². The quantitative estimate of drug-likeness (QED) is 0.414. The van der Waals surface area contributed by atoms with E-state index in [2.05, 4.69) is 13.9 Å². The van der Waals surface area contributed by atoms with Crippen LogP contribution in [0.15, 0.2) is 24.3 Å². The average Bonchev–Trinajstić information content (AvgIpc) is 2.66. The number of esters is 1. The number of aromatic nitrogens is 1. The van der Waals surface area contributed by atoms with Crippen LogP contribution in [-0.4, -0.2) is 44.6 Å². The average molecular weight is 432 g/mol. The SMILES string of the molecule is COC(=O)c1ccc2nc(OS(=O)(=O)C(F)(F)F)c(N3CCCCC3C)cc2c1. The van der Waals surface area contributed by atoms with Crippen molar-refractivity contribution in [2.75, 3.05) is 18.6 Å². The lowest BCUT2D eigenvalue weighted by Crippen LogP contribution is -2.38. The van der Waals surface area contributed by atoms with Crippen molar-refractivity contribution < 1.29 is 35.3 Å². The van der Waals surface area contributed by atoms with Crippen LogP contribution in [0.1, 0.15) is 36.5 Å². The van der Waals surface area contributed by atoms with Gasteiger partial charge >= 0.3 is 21.6 Å². The minimum atomic E-state index is -5.89. The Morgan fingerprint density at radius 3 is 2.59 bits per heavy atom. The molecular weight excluding hydrogens is 413 g/mol. The van der Waals surface area contributed by atoms with Crippen molar-refractivity contribution in [2.45, 2.75) is 37.7 Å². The van der Waals surface area contributed by atoms with Crippen molar-refractivity contribution in [3.63, 3.8) is 0 Å². The number of halogens is 3. The van der Waals surface area contributed by atoms with Gasteiger partial charge in [0.1, 0.15) is 5.69 Å². The number of alkyl halides is 3. The van der Waals surface area contributed by atoms with Crippen molar-refractivity contribution in [1.29, 1.82) is 0 Å². The van der Waals surface area contributed by atoms with Crippen LogP contribution in [0.25, 0.3) is 10.9 Å². The molecule has 1 saturated heterocycles. The maximum absolute atomic E-state index is 12.9. The van der Waals surface area contributed by atoms with Crippen LogP contribution in [-0.2, 0) is 14.9 Å². The van der Waals surface area contributed by atoms with Crippen molar-refractivity contribution in [3.8, 4) is 5.88 Å². The molecule has 11 heteroatoms. The summed E-state index contributed by atoms with van der Waals surface area (Å²) in [5.41, 5.74) is -5.04. The number of benzene rings is 1. The van der Waals surface area contributed by atoms with Crippen LogP contribution >= 0.6 is 0 Å². The molecule has 1 aliphatic rings. The maximum atomic E-state index is 12.9. The highest BCUT2D eigenvalue weighted by atomic mass is 32.2. The Balaban J connectivity index is 2.17. The number of anilines is 1. The van der Waals surface area contributed by atoms with E-state index in [1.54, 1.807) is 4.90 Å². The van der Waals surface area contributed by atoms with Crippen LogP contribution < -0.4 is 9.08 Å². The Labute approximate surface area is 165 Å². The minimum absolute atomic E-state index is 0.0530. The summed E-state index contributed by atoms with van der Waals surface area (Å²) in [6.07, 6.45) is 2.52. The van der Waals surface area contributed by atoms with Gasteiger partial charge in [-0.05, 0) is 50.5 Å². The largest absolute Gasteiger partial charge is 0.534 e. The first kappa shape index (κ1) is 21.2. The molecule has 0 N–H and O–H groups in total. The van der Waals surface area contributed by atoms with E-state index in [0.29, 0.717) is 11.9 Å². The molecule has 1 aromatic carbocycles. The zero-order chi connectivity index (χ0) is 21.4. The summed E-state index contributed by atoms with van der Waals surface area (Å²) < 4.78 is 70.8. The molecular formula is C18H19F3N2O5S. The Morgan fingerprint density at radius 1 is 1.24 bits per heavy atom. The highest BCUT2D eigenvalue weighted by molar-refractivity contribution is 7.88. The number of ether oxygens (including phenoxy) is 1. The van der Waals surface area contributed by atoms with E-state index in [-0.39, 0.29) is 22.8 Å². The monoisotopic (exact) mass is 432 g/mol. The normalized spacial score (nSPS) is 18.0.